The molecule has 0 saturated carbocycles. The number of nitrogens with zero attached hydrogens (tertiary/aromatic N) is 2. The number of benzene rings is 1. The van der Waals surface area contributed by atoms with Gasteiger partial charge in [0, 0.05) is 32.8 Å². The number of para-hydroxylation sites is 1. The Kier molecular flexibility index (Phi) is 7.50. The number of amides is 1. The molecule has 2 aliphatic heterocycles. The molecule has 2 aliphatic rings. The van der Waals surface area contributed by atoms with Crippen LogP contribution in [0.5, 0.6) is 0 Å². The van der Waals surface area contributed by atoms with E-state index in [9.17, 15) is 9.59 Å². The van der Waals surface area contributed by atoms with Crippen molar-refractivity contribution in [3.05, 3.63) is 29.8 Å². The molecule has 0 atom stereocenters. The summed E-state index contributed by atoms with van der Waals surface area (Å²) in [5, 5.41) is 3.33. The second-order valence-corrected chi connectivity index (χ2v) is 6.95. The van der Waals surface area contributed by atoms with Crippen molar-refractivity contribution >= 4 is 17.7 Å². The molecule has 1 N–H and O–H groups in total. The highest BCUT2D eigenvalue weighted by Gasteiger charge is 2.28. The minimum Gasteiger partial charge on any atom is -0.463 e. The number of carbonyl (C=O) groups excluding carboxylic acids is 2. The molecule has 1 amide bonds. The van der Waals surface area contributed by atoms with Crippen LogP contribution in [0.25, 0.3) is 0 Å². The monoisotopic (exact) mass is 393 g/mol. The van der Waals surface area contributed by atoms with E-state index in [1.54, 1.807) is 11.8 Å². The average molecular weight is 393 g/mol. The molecule has 1 fully saturated rings. The van der Waals surface area contributed by atoms with Crippen LogP contribution < -0.4 is 5.32 Å². The Morgan fingerprint density at radius 2 is 2.00 bits per heavy atom. The first kappa shape index (κ1) is 20.4. The fourth-order valence-corrected chi connectivity index (χ4v) is 3.65. The van der Waals surface area contributed by atoms with Gasteiger partial charge in [-0.2, -0.15) is 0 Å². The lowest BCUT2D eigenvalue weighted by atomic mass is 10.0. The molecule has 28 heavy (non-hydrogen) atoms. The topological polar surface area (TPSA) is 80.3 Å². The smallest absolute Gasteiger partial charge is 0.410 e. The van der Waals surface area contributed by atoms with Crippen LogP contribution in [-0.2, 0) is 25.4 Å². The minimum absolute atomic E-state index is 0. The van der Waals surface area contributed by atoms with E-state index in [1.165, 1.54) is 5.56 Å². The van der Waals surface area contributed by atoms with Crippen molar-refractivity contribution in [1.82, 2.24) is 9.80 Å². The number of ether oxygens (including phenoxy) is 3. The molecular formula is C20H31N3O5. The highest BCUT2D eigenvalue weighted by Crippen LogP contribution is 2.21. The van der Waals surface area contributed by atoms with Crippen molar-refractivity contribution in [3.63, 3.8) is 0 Å². The summed E-state index contributed by atoms with van der Waals surface area (Å²) < 4.78 is 15.6. The zero-order valence-electron chi connectivity index (χ0n) is 16.4. The first-order valence-corrected chi connectivity index (χ1v) is 9.88. The largest absolute Gasteiger partial charge is 0.463 e. The summed E-state index contributed by atoms with van der Waals surface area (Å²) in [6.45, 7) is 4.84. The van der Waals surface area contributed by atoms with E-state index in [4.69, 9.17) is 14.2 Å². The first-order chi connectivity index (χ1) is 13.7. The lowest BCUT2D eigenvalue weighted by molar-refractivity contribution is -0.146. The summed E-state index contributed by atoms with van der Waals surface area (Å²) in [6, 6.07) is 8.67. The van der Waals surface area contributed by atoms with Gasteiger partial charge >= 0.3 is 12.1 Å². The van der Waals surface area contributed by atoms with Crippen LogP contribution >= 0.6 is 0 Å². The summed E-state index contributed by atoms with van der Waals surface area (Å²) in [5.74, 6) is -0.520. The molecule has 8 nitrogen and oxygen atoms in total. The van der Waals surface area contributed by atoms with Crippen LogP contribution in [0.2, 0.25) is 0 Å². The van der Waals surface area contributed by atoms with Gasteiger partial charge in [0.15, 0.2) is 6.61 Å². The van der Waals surface area contributed by atoms with Gasteiger partial charge in [-0.25, -0.2) is 9.59 Å². The predicted octanol–water partition coefficient (Wildman–Crippen LogP) is 2.30. The highest BCUT2D eigenvalue weighted by molar-refractivity contribution is 5.75. The van der Waals surface area contributed by atoms with Crippen LogP contribution in [0, 0.1) is 0 Å². The molecule has 1 saturated heterocycles. The van der Waals surface area contributed by atoms with Crippen LogP contribution in [-0.4, -0.2) is 74.2 Å². The summed E-state index contributed by atoms with van der Waals surface area (Å²) in [4.78, 5) is 27.5. The third kappa shape index (κ3) is 5.59. The molecule has 1 aromatic rings. The van der Waals surface area contributed by atoms with Crippen LogP contribution in [0.4, 0.5) is 10.5 Å². The van der Waals surface area contributed by atoms with Gasteiger partial charge in [0.05, 0.1) is 6.61 Å². The van der Waals surface area contributed by atoms with Crippen LogP contribution in [0.1, 0.15) is 26.8 Å². The highest BCUT2D eigenvalue weighted by atomic mass is 16.6. The summed E-state index contributed by atoms with van der Waals surface area (Å²) in [7, 11) is 0. The number of rotatable bonds is 4. The maximum atomic E-state index is 12.1. The van der Waals surface area contributed by atoms with E-state index in [-0.39, 0.29) is 14.6 Å². The second-order valence-electron chi connectivity index (χ2n) is 6.95. The number of anilines is 1. The summed E-state index contributed by atoms with van der Waals surface area (Å²) in [6.07, 6.45) is 2.21. The average Bonchev–Trinajstić information content (AvgIpc) is 2.83. The first-order valence-electron chi connectivity index (χ1n) is 9.88. The summed E-state index contributed by atoms with van der Waals surface area (Å²) in [5.41, 5.74) is 2.42. The number of esters is 1. The Morgan fingerprint density at radius 3 is 2.79 bits per heavy atom. The molecular weight excluding hydrogens is 362 g/mol. The van der Waals surface area contributed by atoms with Gasteiger partial charge in [-0.15, -0.1) is 0 Å². The molecule has 8 heteroatoms. The SMILES string of the molecule is CCOC(=O)COC(=O)N1CCC(N2CCc3ccccc3NCOC2)CC1.[HH]. The number of fused-ring (bicyclic) bond motifs is 1. The number of nitrogens with one attached hydrogen (secondary N) is 1. The lowest BCUT2D eigenvalue weighted by Gasteiger charge is -2.37. The molecule has 3 rings (SSSR count). The van der Waals surface area contributed by atoms with E-state index >= 15 is 0 Å². The van der Waals surface area contributed by atoms with Gasteiger partial charge < -0.3 is 24.4 Å². The molecule has 0 unspecified atom stereocenters. The minimum atomic E-state index is -0.520. The van der Waals surface area contributed by atoms with Gasteiger partial charge in [0.2, 0.25) is 0 Å². The zero-order chi connectivity index (χ0) is 19.8. The van der Waals surface area contributed by atoms with Crippen molar-refractivity contribution in [3.8, 4) is 0 Å². The standard InChI is InChI=1S/C20H29N3O5.H2/c1-2-27-19(24)13-28-20(25)22-11-8-17(9-12-22)23-10-7-16-5-3-4-6-18(16)21-14-26-15-23;/h3-6,17,21H,2,7-15H2,1H3;1H. The number of carbonyl (C=O) groups is 2. The van der Waals surface area contributed by atoms with Crippen molar-refractivity contribution in [2.24, 2.45) is 0 Å². The van der Waals surface area contributed by atoms with E-state index in [2.05, 4.69) is 28.4 Å². The van der Waals surface area contributed by atoms with E-state index in [0.29, 0.717) is 32.6 Å². The van der Waals surface area contributed by atoms with Crippen molar-refractivity contribution in [1.29, 1.82) is 0 Å². The third-order valence-electron chi connectivity index (χ3n) is 5.17. The van der Waals surface area contributed by atoms with Gasteiger partial charge in [0.25, 0.3) is 0 Å². The van der Waals surface area contributed by atoms with E-state index in [1.807, 2.05) is 6.07 Å². The Hall–Kier alpha value is -2.32. The van der Waals surface area contributed by atoms with Crippen LogP contribution in [0.3, 0.4) is 0 Å². The number of hydrogen-bond acceptors (Lipinski definition) is 7. The van der Waals surface area contributed by atoms with Gasteiger partial charge in [-0.05, 0) is 37.8 Å². The van der Waals surface area contributed by atoms with Crippen molar-refractivity contribution in [2.75, 3.05) is 51.6 Å². The Labute approximate surface area is 167 Å². The van der Waals surface area contributed by atoms with Gasteiger partial charge in [-0.1, -0.05) is 18.2 Å². The predicted molar refractivity (Wildman–Crippen MR) is 106 cm³/mol. The van der Waals surface area contributed by atoms with Crippen LogP contribution in [0.15, 0.2) is 24.3 Å². The zero-order valence-corrected chi connectivity index (χ0v) is 16.4. The maximum Gasteiger partial charge on any atom is 0.410 e. The quantitative estimate of drug-likeness (QED) is 0.786. The Morgan fingerprint density at radius 1 is 1.21 bits per heavy atom. The lowest BCUT2D eigenvalue weighted by Crippen LogP contribution is -2.48. The molecule has 2 heterocycles. The molecule has 0 aromatic heterocycles. The normalized spacial score (nSPS) is 18.8. The molecule has 0 aliphatic carbocycles. The molecule has 0 bridgehead atoms. The summed E-state index contributed by atoms with van der Waals surface area (Å²) >= 11 is 0. The number of piperidine rings is 1. The third-order valence-corrected chi connectivity index (χ3v) is 5.17. The van der Waals surface area contributed by atoms with E-state index < -0.39 is 12.1 Å². The van der Waals surface area contributed by atoms with Gasteiger partial charge in [0.1, 0.15) is 13.5 Å². The molecule has 0 radical (unpaired) electrons. The fourth-order valence-electron chi connectivity index (χ4n) is 3.65. The van der Waals surface area contributed by atoms with Crippen molar-refractivity contribution < 1.29 is 25.2 Å². The molecule has 156 valence electrons. The molecule has 0 spiro atoms. The second kappa shape index (κ2) is 10.3. The number of likely N-dealkylation sites (tertiary alicyclic amines) is 1. The van der Waals surface area contributed by atoms with Gasteiger partial charge in [-0.3, -0.25) is 4.90 Å². The van der Waals surface area contributed by atoms with Crippen molar-refractivity contribution in [2.45, 2.75) is 32.2 Å². The maximum absolute atomic E-state index is 12.1. The van der Waals surface area contributed by atoms with E-state index in [0.717, 1.165) is 31.5 Å². The Balaban J connectivity index is 0.00000300. The fraction of sp³-hybridized carbons (Fsp3) is 0.600. The Bertz CT molecular complexity index is 667. The molecule has 1 aromatic carbocycles. The number of hydrogen-bond donors (Lipinski definition) is 1.